The summed E-state index contributed by atoms with van der Waals surface area (Å²) in [5, 5.41) is 8.02. The van der Waals surface area contributed by atoms with Crippen LogP contribution in [0.25, 0.3) is 10.9 Å². The molecule has 1 aromatic heterocycles. The minimum Gasteiger partial charge on any atom is -0.399 e. The molecule has 0 bridgehead atoms. The first-order valence-electron chi connectivity index (χ1n) is 6.65. The summed E-state index contributed by atoms with van der Waals surface area (Å²) in [4.78, 5) is 12.5. The summed E-state index contributed by atoms with van der Waals surface area (Å²) in [6.45, 7) is 1.92. The Morgan fingerprint density at radius 1 is 1.24 bits per heavy atom. The fourth-order valence-corrected chi connectivity index (χ4v) is 2.34. The Hall–Kier alpha value is -2.82. The van der Waals surface area contributed by atoms with E-state index in [-0.39, 0.29) is 5.91 Å². The highest BCUT2D eigenvalue weighted by Gasteiger charge is 2.16. The van der Waals surface area contributed by atoms with Gasteiger partial charge in [0.25, 0.3) is 5.91 Å². The predicted octanol–water partition coefficient (Wildman–Crippen LogP) is 2.72. The van der Waals surface area contributed by atoms with Gasteiger partial charge >= 0.3 is 0 Å². The molecule has 0 saturated heterocycles. The van der Waals surface area contributed by atoms with E-state index in [1.54, 1.807) is 16.8 Å². The summed E-state index contributed by atoms with van der Waals surface area (Å²) in [6.07, 6.45) is 0. The zero-order chi connectivity index (χ0) is 15.0. The van der Waals surface area contributed by atoms with Gasteiger partial charge in [0.1, 0.15) is 0 Å². The first kappa shape index (κ1) is 13.2. The summed E-state index contributed by atoms with van der Waals surface area (Å²) < 4.78 is 1.70. The normalized spacial score (nSPS) is 10.8. The number of aryl methyl sites for hydroxylation is 2. The molecule has 3 rings (SSSR count). The number of benzene rings is 2. The molecule has 5 nitrogen and oxygen atoms in total. The van der Waals surface area contributed by atoms with Gasteiger partial charge in [-0.25, -0.2) is 0 Å². The summed E-state index contributed by atoms with van der Waals surface area (Å²) in [5.41, 5.74) is 9.37. The Kier molecular flexibility index (Phi) is 3.10. The largest absolute Gasteiger partial charge is 0.399 e. The minimum atomic E-state index is -0.236. The molecule has 3 N–H and O–H groups in total. The first-order valence-corrected chi connectivity index (χ1v) is 6.65. The quantitative estimate of drug-likeness (QED) is 0.709. The summed E-state index contributed by atoms with van der Waals surface area (Å²) >= 11 is 0. The van der Waals surface area contributed by atoms with Gasteiger partial charge in [0, 0.05) is 23.8 Å². The lowest BCUT2D eigenvalue weighted by molar-refractivity contribution is 0.102. The van der Waals surface area contributed by atoms with Crippen molar-refractivity contribution >= 4 is 28.2 Å². The molecule has 3 aromatic rings. The molecule has 0 saturated carbocycles. The van der Waals surface area contributed by atoms with Gasteiger partial charge in [0.15, 0.2) is 5.69 Å². The van der Waals surface area contributed by atoms with Crippen LogP contribution in [0.2, 0.25) is 0 Å². The molecule has 0 spiro atoms. The van der Waals surface area contributed by atoms with Crippen LogP contribution in [0.1, 0.15) is 16.1 Å². The van der Waals surface area contributed by atoms with Crippen LogP contribution in [0.5, 0.6) is 0 Å². The Morgan fingerprint density at radius 3 is 2.81 bits per heavy atom. The Labute approximate surface area is 122 Å². The van der Waals surface area contributed by atoms with Crippen molar-refractivity contribution in [3.8, 4) is 0 Å². The smallest absolute Gasteiger partial charge is 0.276 e. The Morgan fingerprint density at radius 2 is 2.00 bits per heavy atom. The number of para-hydroxylation sites is 1. The molecule has 0 aliphatic rings. The second-order valence-electron chi connectivity index (χ2n) is 5.02. The summed E-state index contributed by atoms with van der Waals surface area (Å²) in [6, 6.07) is 13.1. The number of nitrogen functional groups attached to an aromatic ring is 1. The average Bonchev–Trinajstić information content (AvgIpc) is 2.81. The number of nitrogens with one attached hydrogen (secondary N) is 1. The zero-order valence-electron chi connectivity index (χ0n) is 11.9. The van der Waals surface area contributed by atoms with Gasteiger partial charge in [-0.3, -0.25) is 9.48 Å². The van der Waals surface area contributed by atoms with Crippen molar-refractivity contribution in [1.29, 1.82) is 0 Å². The lowest BCUT2D eigenvalue weighted by atomic mass is 10.1. The fourth-order valence-electron chi connectivity index (χ4n) is 2.34. The minimum absolute atomic E-state index is 0.236. The number of anilines is 2. The zero-order valence-corrected chi connectivity index (χ0v) is 11.9. The van der Waals surface area contributed by atoms with Crippen molar-refractivity contribution in [2.45, 2.75) is 6.92 Å². The molecule has 1 heterocycles. The number of fused-ring (bicyclic) bond motifs is 1. The number of aromatic nitrogens is 2. The van der Waals surface area contributed by atoms with Crippen LogP contribution in [-0.4, -0.2) is 15.7 Å². The van der Waals surface area contributed by atoms with E-state index >= 15 is 0 Å². The molecule has 21 heavy (non-hydrogen) atoms. The Balaban J connectivity index is 2.00. The first-order chi connectivity index (χ1) is 10.1. The maximum atomic E-state index is 12.5. The van der Waals surface area contributed by atoms with Crippen LogP contribution >= 0.6 is 0 Å². The van der Waals surface area contributed by atoms with Crippen LogP contribution in [0.3, 0.4) is 0 Å². The number of carbonyl (C=O) groups is 1. The van der Waals surface area contributed by atoms with Gasteiger partial charge in [-0.05, 0) is 30.7 Å². The van der Waals surface area contributed by atoms with E-state index in [9.17, 15) is 4.79 Å². The van der Waals surface area contributed by atoms with Crippen molar-refractivity contribution in [3.63, 3.8) is 0 Å². The lowest BCUT2D eigenvalue weighted by Crippen LogP contribution is -2.14. The van der Waals surface area contributed by atoms with Crippen molar-refractivity contribution in [2.24, 2.45) is 7.05 Å². The van der Waals surface area contributed by atoms with E-state index in [1.807, 2.05) is 44.3 Å². The van der Waals surface area contributed by atoms with Gasteiger partial charge in [-0.15, -0.1) is 0 Å². The van der Waals surface area contributed by atoms with Crippen molar-refractivity contribution in [1.82, 2.24) is 9.78 Å². The molecule has 5 heteroatoms. The van der Waals surface area contributed by atoms with E-state index in [2.05, 4.69) is 10.4 Å². The SMILES string of the molecule is Cc1ccc(N)cc1NC(=O)c1nn(C)c2ccccc12. The van der Waals surface area contributed by atoms with Gasteiger partial charge in [0.05, 0.1) is 5.52 Å². The van der Waals surface area contributed by atoms with Crippen LogP contribution in [0.4, 0.5) is 11.4 Å². The molecule has 1 amide bonds. The highest BCUT2D eigenvalue weighted by atomic mass is 16.2. The van der Waals surface area contributed by atoms with Crippen molar-refractivity contribution < 1.29 is 4.79 Å². The number of rotatable bonds is 2. The third-order valence-corrected chi connectivity index (χ3v) is 3.48. The van der Waals surface area contributed by atoms with Gasteiger partial charge in [-0.2, -0.15) is 5.10 Å². The van der Waals surface area contributed by atoms with Gasteiger partial charge < -0.3 is 11.1 Å². The topological polar surface area (TPSA) is 72.9 Å². The molecule has 0 atom stereocenters. The molecule has 106 valence electrons. The third-order valence-electron chi connectivity index (χ3n) is 3.48. The second-order valence-corrected chi connectivity index (χ2v) is 5.02. The highest BCUT2D eigenvalue weighted by Crippen LogP contribution is 2.21. The molecule has 0 unspecified atom stereocenters. The molecular weight excluding hydrogens is 264 g/mol. The Bertz CT molecular complexity index is 835. The molecular formula is C16H16N4O. The van der Waals surface area contributed by atoms with Gasteiger partial charge in [-0.1, -0.05) is 24.3 Å². The number of hydrogen-bond acceptors (Lipinski definition) is 3. The molecule has 0 radical (unpaired) electrons. The maximum Gasteiger partial charge on any atom is 0.276 e. The number of nitrogens with zero attached hydrogens (tertiary/aromatic N) is 2. The number of amides is 1. The van der Waals surface area contributed by atoms with E-state index in [1.165, 1.54) is 0 Å². The van der Waals surface area contributed by atoms with Crippen LogP contribution < -0.4 is 11.1 Å². The number of hydrogen-bond donors (Lipinski definition) is 2. The predicted molar refractivity (Wildman–Crippen MR) is 84.3 cm³/mol. The fraction of sp³-hybridized carbons (Fsp3) is 0.125. The summed E-state index contributed by atoms with van der Waals surface area (Å²) in [5.74, 6) is -0.236. The maximum absolute atomic E-state index is 12.5. The van der Waals surface area contributed by atoms with E-state index < -0.39 is 0 Å². The standard InChI is InChI=1S/C16H16N4O/c1-10-7-8-11(17)9-13(10)18-16(21)15-12-5-3-4-6-14(12)20(2)19-15/h3-9H,17H2,1-2H3,(H,18,21). The monoisotopic (exact) mass is 280 g/mol. The third kappa shape index (κ3) is 2.33. The molecule has 0 fully saturated rings. The van der Waals surface area contributed by atoms with Crippen molar-refractivity contribution in [2.75, 3.05) is 11.1 Å². The molecule has 0 aliphatic carbocycles. The van der Waals surface area contributed by atoms with Crippen LogP contribution in [0.15, 0.2) is 42.5 Å². The molecule has 2 aromatic carbocycles. The van der Waals surface area contributed by atoms with Gasteiger partial charge in [0.2, 0.25) is 0 Å². The van der Waals surface area contributed by atoms with Crippen LogP contribution in [0, 0.1) is 6.92 Å². The second kappa shape index (κ2) is 4.94. The molecule has 0 aliphatic heterocycles. The lowest BCUT2D eigenvalue weighted by Gasteiger charge is -2.08. The van der Waals surface area contributed by atoms with E-state index in [0.717, 1.165) is 16.5 Å². The van der Waals surface area contributed by atoms with E-state index in [4.69, 9.17) is 5.73 Å². The number of carbonyl (C=O) groups excluding carboxylic acids is 1. The van der Waals surface area contributed by atoms with Crippen LogP contribution in [-0.2, 0) is 7.05 Å². The highest BCUT2D eigenvalue weighted by molar-refractivity contribution is 6.11. The van der Waals surface area contributed by atoms with E-state index in [0.29, 0.717) is 17.1 Å². The average molecular weight is 280 g/mol. The van der Waals surface area contributed by atoms with Crippen molar-refractivity contribution in [3.05, 3.63) is 53.7 Å². The number of nitrogens with two attached hydrogens (primary N) is 1. The summed E-state index contributed by atoms with van der Waals surface area (Å²) in [7, 11) is 1.82.